The topological polar surface area (TPSA) is 51.0 Å². The van der Waals surface area contributed by atoms with E-state index in [0.717, 1.165) is 56.1 Å². The van der Waals surface area contributed by atoms with E-state index >= 15 is 0 Å². The van der Waals surface area contributed by atoms with Crippen LogP contribution in [0.15, 0.2) is 102 Å². The molecule has 0 bridgehead atoms. The lowest BCUT2D eigenvalue weighted by Gasteiger charge is -2.26. The highest BCUT2D eigenvalue weighted by molar-refractivity contribution is 6.05. The molecule has 3 aromatic carbocycles. The van der Waals surface area contributed by atoms with Gasteiger partial charge in [0.1, 0.15) is 0 Å². The molecule has 4 heterocycles. The fourth-order valence-electron chi connectivity index (χ4n) is 5.70. The Morgan fingerprint density at radius 3 is 2.37 bits per heavy atom. The lowest BCUT2D eigenvalue weighted by molar-refractivity contribution is 0.221. The van der Waals surface area contributed by atoms with E-state index in [2.05, 4.69) is 58.4 Å². The van der Waals surface area contributed by atoms with Gasteiger partial charge in [-0.25, -0.2) is 0 Å². The Kier molecular flexibility index (Phi) is 5.71. The van der Waals surface area contributed by atoms with Crippen LogP contribution >= 0.6 is 0 Å². The Bertz CT molecular complexity index is 1850. The van der Waals surface area contributed by atoms with E-state index in [9.17, 15) is 4.79 Å². The Balaban J connectivity index is 1.35. The van der Waals surface area contributed by atoms with Crippen molar-refractivity contribution in [2.75, 3.05) is 13.1 Å². The van der Waals surface area contributed by atoms with Crippen molar-refractivity contribution in [1.29, 1.82) is 0 Å². The minimum absolute atomic E-state index is 0.0495. The molecule has 0 atom stereocenters. The quantitative estimate of drug-likeness (QED) is 0.254. The molecular formula is C33H28N4O. The molecule has 0 saturated carbocycles. The number of nitrogens with zero attached hydrogens (tertiary/aromatic N) is 4. The number of hydrogen-bond acceptors (Lipinski definition) is 4. The number of para-hydroxylation sites is 1. The minimum Gasteiger partial charge on any atom is -0.299 e. The van der Waals surface area contributed by atoms with Gasteiger partial charge in [-0.15, -0.1) is 0 Å². The highest BCUT2D eigenvalue weighted by Crippen LogP contribution is 2.30. The number of aromatic nitrogens is 3. The molecule has 0 aliphatic carbocycles. The molecule has 7 rings (SSSR count). The van der Waals surface area contributed by atoms with Gasteiger partial charge in [-0.2, -0.15) is 0 Å². The maximum absolute atomic E-state index is 13.3. The monoisotopic (exact) mass is 496 g/mol. The summed E-state index contributed by atoms with van der Waals surface area (Å²) in [7, 11) is 0. The van der Waals surface area contributed by atoms with Crippen LogP contribution in [0.2, 0.25) is 0 Å². The Hall–Kier alpha value is -4.35. The molecule has 5 nitrogen and oxygen atoms in total. The maximum atomic E-state index is 13.3. The zero-order valence-corrected chi connectivity index (χ0v) is 21.2. The average molecular weight is 497 g/mol. The summed E-state index contributed by atoms with van der Waals surface area (Å²) in [6.45, 7) is 3.29. The van der Waals surface area contributed by atoms with Crippen LogP contribution in [0.5, 0.6) is 0 Å². The predicted octanol–water partition coefficient (Wildman–Crippen LogP) is 6.74. The zero-order chi connectivity index (χ0) is 25.5. The predicted molar refractivity (Wildman–Crippen MR) is 155 cm³/mol. The van der Waals surface area contributed by atoms with Gasteiger partial charge >= 0.3 is 0 Å². The fourth-order valence-corrected chi connectivity index (χ4v) is 5.70. The Morgan fingerprint density at radius 1 is 0.684 bits per heavy atom. The molecule has 5 heteroatoms. The van der Waals surface area contributed by atoms with Gasteiger partial charge in [0, 0.05) is 52.4 Å². The largest absolute Gasteiger partial charge is 0.299 e. The first-order valence-electron chi connectivity index (χ1n) is 13.3. The molecule has 3 aromatic heterocycles. The molecule has 1 aliphatic heterocycles. The second kappa shape index (κ2) is 9.51. The van der Waals surface area contributed by atoms with Crippen molar-refractivity contribution >= 4 is 32.7 Å². The van der Waals surface area contributed by atoms with Crippen LogP contribution < -0.4 is 5.56 Å². The van der Waals surface area contributed by atoms with Gasteiger partial charge < -0.3 is 0 Å². The number of hydrogen-bond donors (Lipinski definition) is 0. The first kappa shape index (κ1) is 22.8. The van der Waals surface area contributed by atoms with E-state index in [1.165, 1.54) is 37.9 Å². The lowest BCUT2D eigenvalue weighted by Crippen LogP contribution is -2.29. The molecule has 0 amide bonds. The summed E-state index contributed by atoms with van der Waals surface area (Å²) in [4.78, 5) is 25.2. The van der Waals surface area contributed by atoms with E-state index in [1.54, 1.807) is 6.07 Å². The third kappa shape index (κ3) is 4.15. The highest BCUT2D eigenvalue weighted by Gasteiger charge is 2.14. The summed E-state index contributed by atoms with van der Waals surface area (Å²) in [6, 6.07) is 28.5. The van der Waals surface area contributed by atoms with Gasteiger partial charge in [0.15, 0.2) is 0 Å². The van der Waals surface area contributed by atoms with E-state index in [1.807, 2.05) is 47.3 Å². The lowest BCUT2D eigenvalue weighted by atomic mass is 10.0. The van der Waals surface area contributed by atoms with Crippen molar-refractivity contribution in [3.05, 3.63) is 113 Å². The number of benzene rings is 3. The number of likely N-dealkylation sites (tertiary alicyclic amines) is 1. The molecule has 186 valence electrons. The Morgan fingerprint density at radius 2 is 1.50 bits per heavy atom. The molecule has 38 heavy (non-hydrogen) atoms. The van der Waals surface area contributed by atoms with Crippen LogP contribution in [0, 0.1) is 0 Å². The van der Waals surface area contributed by atoms with Crippen LogP contribution in [-0.4, -0.2) is 32.5 Å². The van der Waals surface area contributed by atoms with Crippen molar-refractivity contribution in [1.82, 2.24) is 19.4 Å². The zero-order valence-electron chi connectivity index (χ0n) is 21.2. The van der Waals surface area contributed by atoms with Crippen molar-refractivity contribution in [2.24, 2.45) is 0 Å². The van der Waals surface area contributed by atoms with E-state index in [4.69, 9.17) is 4.98 Å². The van der Waals surface area contributed by atoms with Crippen molar-refractivity contribution in [2.45, 2.75) is 25.8 Å². The van der Waals surface area contributed by atoms with Gasteiger partial charge in [-0.05, 0) is 79.5 Å². The van der Waals surface area contributed by atoms with E-state index in [0.29, 0.717) is 0 Å². The summed E-state index contributed by atoms with van der Waals surface area (Å²) in [5.74, 6) is 0. The maximum Gasteiger partial charge on any atom is 0.255 e. The van der Waals surface area contributed by atoms with E-state index in [-0.39, 0.29) is 5.56 Å². The molecule has 0 spiro atoms. The van der Waals surface area contributed by atoms with Crippen molar-refractivity contribution in [3.63, 3.8) is 0 Å². The summed E-state index contributed by atoms with van der Waals surface area (Å²) in [6.07, 6.45) is 7.66. The molecule has 0 radical (unpaired) electrons. The first-order valence-corrected chi connectivity index (χ1v) is 13.3. The first-order chi connectivity index (χ1) is 18.7. The number of pyridine rings is 3. The standard InChI is InChI=1S/C33H28N4O/c38-32-15-11-26-20-35-31-14-10-24(27-18-25-6-2-3-7-30(25)34-21-27)19-29(31)33(26)37(32)28-12-8-23(9-13-28)22-36-16-4-1-5-17-36/h2-3,6-15,18-21H,1,4-5,16-17,22H2. The third-order valence-corrected chi connectivity index (χ3v) is 7.69. The van der Waals surface area contributed by atoms with Crippen LogP contribution in [0.25, 0.3) is 49.5 Å². The normalized spacial score (nSPS) is 14.4. The average Bonchev–Trinajstić information content (AvgIpc) is 2.97. The highest BCUT2D eigenvalue weighted by atomic mass is 16.1. The van der Waals surface area contributed by atoms with Crippen molar-refractivity contribution < 1.29 is 0 Å². The second-order valence-electron chi connectivity index (χ2n) is 10.2. The SMILES string of the molecule is O=c1ccc2cnc3ccc(-c4cnc5ccccc5c4)cc3c2n1-c1ccc(CN2CCCCC2)cc1. The summed E-state index contributed by atoms with van der Waals surface area (Å²) < 4.78 is 1.83. The smallest absolute Gasteiger partial charge is 0.255 e. The van der Waals surface area contributed by atoms with Crippen LogP contribution in [-0.2, 0) is 6.54 Å². The molecule has 1 saturated heterocycles. The second-order valence-corrected chi connectivity index (χ2v) is 10.2. The van der Waals surface area contributed by atoms with Gasteiger partial charge in [0.2, 0.25) is 0 Å². The summed E-state index contributed by atoms with van der Waals surface area (Å²) in [5, 5.41) is 2.98. The van der Waals surface area contributed by atoms with E-state index < -0.39 is 0 Å². The Labute approximate surface area is 221 Å². The minimum atomic E-state index is -0.0495. The number of fused-ring (bicyclic) bond motifs is 4. The van der Waals surface area contributed by atoms with Crippen LogP contribution in [0.4, 0.5) is 0 Å². The molecule has 1 aliphatic rings. The van der Waals surface area contributed by atoms with Crippen LogP contribution in [0.1, 0.15) is 24.8 Å². The van der Waals surface area contributed by atoms with Gasteiger partial charge in [0.05, 0.1) is 16.6 Å². The number of rotatable bonds is 4. The number of piperidine rings is 1. The molecule has 1 fully saturated rings. The fraction of sp³-hybridized carbons (Fsp3) is 0.182. The van der Waals surface area contributed by atoms with Gasteiger partial charge in [-0.1, -0.05) is 42.8 Å². The molecule has 0 N–H and O–H groups in total. The molecule has 6 aromatic rings. The van der Waals surface area contributed by atoms with Crippen LogP contribution in [0.3, 0.4) is 0 Å². The van der Waals surface area contributed by atoms with Crippen molar-refractivity contribution in [3.8, 4) is 16.8 Å². The van der Waals surface area contributed by atoms with Gasteiger partial charge in [0.25, 0.3) is 5.56 Å². The summed E-state index contributed by atoms with van der Waals surface area (Å²) >= 11 is 0. The third-order valence-electron chi connectivity index (χ3n) is 7.69. The molecule has 0 unspecified atom stereocenters. The van der Waals surface area contributed by atoms with Gasteiger partial charge in [-0.3, -0.25) is 24.2 Å². The molecular weight excluding hydrogens is 468 g/mol. The summed E-state index contributed by atoms with van der Waals surface area (Å²) in [5.41, 5.74) is 6.89.